The second-order valence-electron chi connectivity index (χ2n) is 6.81. The molecule has 3 aromatic rings. The van der Waals surface area contributed by atoms with Gasteiger partial charge in [0.25, 0.3) is 0 Å². The number of hydrogen-bond acceptors (Lipinski definition) is 5. The fourth-order valence-electron chi connectivity index (χ4n) is 3.23. The zero-order chi connectivity index (χ0) is 18.1. The van der Waals surface area contributed by atoms with Crippen LogP contribution in [-0.2, 0) is 11.3 Å². The van der Waals surface area contributed by atoms with Crippen molar-refractivity contribution in [3.8, 4) is 11.4 Å². The quantitative estimate of drug-likeness (QED) is 0.708. The van der Waals surface area contributed by atoms with Gasteiger partial charge in [-0.2, -0.15) is 4.98 Å². The molecule has 0 spiro atoms. The lowest BCUT2D eigenvalue weighted by Gasteiger charge is -2.14. The normalized spacial score (nSPS) is 18.5. The first kappa shape index (κ1) is 16.4. The summed E-state index contributed by atoms with van der Waals surface area (Å²) < 4.78 is 5.28. The predicted molar refractivity (Wildman–Crippen MR) is 96.0 cm³/mol. The number of benzene rings is 1. The van der Waals surface area contributed by atoms with E-state index in [0.717, 1.165) is 12.0 Å². The molecule has 26 heavy (non-hydrogen) atoms. The van der Waals surface area contributed by atoms with Gasteiger partial charge in [-0.3, -0.25) is 9.78 Å². The van der Waals surface area contributed by atoms with Crippen LogP contribution < -0.4 is 0 Å². The van der Waals surface area contributed by atoms with Crippen molar-refractivity contribution in [2.24, 2.45) is 5.92 Å². The Hall–Kier alpha value is -3.02. The molecule has 132 valence electrons. The van der Waals surface area contributed by atoms with Gasteiger partial charge in [-0.05, 0) is 37.0 Å². The summed E-state index contributed by atoms with van der Waals surface area (Å²) in [5, 5.41) is 3.97. The Morgan fingerprint density at radius 3 is 2.96 bits per heavy atom. The number of hydrogen-bond donors (Lipinski definition) is 0. The molecule has 4 rings (SSSR count). The number of carbonyl (C=O) groups is 1. The molecule has 0 bridgehead atoms. The zero-order valence-electron chi connectivity index (χ0n) is 14.8. The van der Waals surface area contributed by atoms with Gasteiger partial charge in [0.15, 0.2) is 0 Å². The topological polar surface area (TPSA) is 72.1 Å². The number of aromatic nitrogens is 3. The summed E-state index contributed by atoms with van der Waals surface area (Å²) in [6, 6.07) is 12.1. The maximum atomic E-state index is 12.7. The van der Waals surface area contributed by atoms with Crippen LogP contribution in [0.4, 0.5) is 0 Å². The lowest BCUT2D eigenvalue weighted by molar-refractivity contribution is -0.132. The maximum absolute atomic E-state index is 12.7. The van der Waals surface area contributed by atoms with Crippen LogP contribution in [-0.4, -0.2) is 33.0 Å². The summed E-state index contributed by atoms with van der Waals surface area (Å²) in [4.78, 5) is 22.8. The van der Waals surface area contributed by atoms with Crippen molar-refractivity contribution in [2.45, 2.75) is 25.8 Å². The zero-order valence-corrected chi connectivity index (χ0v) is 14.8. The maximum Gasteiger partial charge on any atom is 0.246 e. The van der Waals surface area contributed by atoms with Crippen LogP contribution in [0.15, 0.2) is 53.3 Å². The first-order valence-corrected chi connectivity index (χ1v) is 8.66. The first-order chi connectivity index (χ1) is 12.6. The minimum Gasteiger partial charge on any atom is -0.337 e. The van der Waals surface area contributed by atoms with Crippen LogP contribution in [0.25, 0.3) is 11.4 Å². The Labute approximate surface area is 151 Å². The van der Waals surface area contributed by atoms with Crippen molar-refractivity contribution >= 4 is 5.91 Å². The van der Waals surface area contributed by atoms with Crippen molar-refractivity contribution in [1.29, 1.82) is 0 Å². The van der Waals surface area contributed by atoms with Crippen molar-refractivity contribution in [2.75, 3.05) is 7.05 Å². The molecule has 0 radical (unpaired) electrons. The largest absolute Gasteiger partial charge is 0.337 e. The summed E-state index contributed by atoms with van der Waals surface area (Å²) in [6.45, 7) is 2.38. The van der Waals surface area contributed by atoms with Crippen LogP contribution in [0, 0.1) is 12.8 Å². The van der Waals surface area contributed by atoms with E-state index >= 15 is 0 Å². The summed E-state index contributed by atoms with van der Waals surface area (Å²) >= 11 is 0. The number of pyridine rings is 1. The molecular weight excluding hydrogens is 328 g/mol. The first-order valence-electron chi connectivity index (χ1n) is 8.66. The van der Waals surface area contributed by atoms with Gasteiger partial charge in [0.05, 0.1) is 6.54 Å². The van der Waals surface area contributed by atoms with E-state index in [9.17, 15) is 4.79 Å². The van der Waals surface area contributed by atoms with E-state index in [1.165, 1.54) is 11.1 Å². The van der Waals surface area contributed by atoms with E-state index in [4.69, 9.17) is 4.52 Å². The van der Waals surface area contributed by atoms with Crippen LogP contribution in [0.1, 0.15) is 29.4 Å². The van der Waals surface area contributed by atoms with E-state index in [2.05, 4.69) is 40.2 Å². The highest BCUT2D eigenvalue weighted by Gasteiger charge is 2.45. The Bertz CT molecular complexity index is 922. The highest BCUT2D eigenvalue weighted by molar-refractivity contribution is 5.82. The molecule has 2 atom stereocenters. The molecule has 2 aromatic heterocycles. The Morgan fingerprint density at radius 1 is 1.31 bits per heavy atom. The lowest BCUT2D eigenvalue weighted by Crippen LogP contribution is -2.28. The van der Waals surface area contributed by atoms with Crippen LogP contribution in [0.2, 0.25) is 0 Å². The molecular formula is C20H20N4O2. The average Bonchev–Trinajstić information content (AvgIpc) is 3.33. The smallest absolute Gasteiger partial charge is 0.246 e. The monoisotopic (exact) mass is 348 g/mol. The van der Waals surface area contributed by atoms with Crippen molar-refractivity contribution < 1.29 is 9.32 Å². The van der Waals surface area contributed by atoms with Gasteiger partial charge < -0.3 is 9.42 Å². The standard InChI is InChI=1S/C20H20N4O2/c1-13-5-3-6-14(9-13)16-10-17(16)20(25)24(2)12-18-22-19(23-26-18)15-7-4-8-21-11-15/h3-9,11,16-17H,10,12H2,1-2H3/t16-,17+/m1/s1. The SMILES string of the molecule is Cc1cccc([C@H]2C[C@@H]2C(=O)N(C)Cc2nc(-c3cccnc3)no2)c1. The average molecular weight is 348 g/mol. The summed E-state index contributed by atoms with van der Waals surface area (Å²) in [6.07, 6.45) is 4.27. The highest BCUT2D eigenvalue weighted by atomic mass is 16.5. The fourth-order valence-corrected chi connectivity index (χ4v) is 3.23. The third-order valence-electron chi connectivity index (χ3n) is 4.71. The molecule has 0 N–H and O–H groups in total. The summed E-state index contributed by atoms with van der Waals surface area (Å²) in [5.74, 6) is 1.39. The minimum absolute atomic E-state index is 0.0440. The van der Waals surface area contributed by atoms with Gasteiger partial charge >= 0.3 is 0 Å². The van der Waals surface area contributed by atoms with Gasteiger partial charge in [0.1, 0.15) is 0 Å². The molecule has 1 aliphatic rings. The second kappa shape index (κ2) is 6.71. The molecule has 2 heterocycles. The number of nitrogens with zero attached hydrogens (tertiary/aromatic N) is 4. The van der Waals surface area contributed by atoms with Gasteiger partial charge in [0, 0.05) is 30.9 Å². The molecule has 1 amide bonds. The van der Waals surface area contributed by atoms with Crippen molar-refractivity contribution in [3.05, 3.63) is 65.8 Å². The van der Waals surface area contributed by atoms with Crippen LogP contribution in [0.5, 0.6) is 0 Å². The van der Waals surface area contributed by atoms with E-state index in [0.29, 0.717) is 24.2 Å². The van der Waals surface area contributed by atoms with Crippen molar-refractivity contribution in [1.82, 2.24) is 20.0 Å². The van der Waals surface area contributed by atoms with Crippen LogP contribution in [0.3, 0.4) is 0 Å². The lowest BCUT2D eigenvalue weighted by atomic mass is 10.1. The molecule has 1 fully saturated rings. The molecule has 1 saturated carbocycles. The highest BCUT2D eigenvalue weighted by Crippen LogP contribution is 2.48. The van der Waals surface area contributed by atoms with Gasteiger partial charge in [-0.25, -0.2) is 0 Å². The predicted octanol–water partition coefficient (Wildman–Crippen LogP) is 3.20. The summed E-state index contributed by atoms with van der Waals surface area (Å²) in [5.41, 5.74) is 3.26. The number of amides is 1. The van der Waals surface area contributed by atoms with E-state index in [1.54, 1.807) is 24.3 Å². The molecule has 0 unspecified atom stereocenters. The van der Waals surface area contributed by atoms with Gasteiger partial charge in [-0.15, -0.1) is 0 Å². The van der Waals surface area contributed by atoms with Crippen LogP contribution >= 0.6 is 0 Å². The molecule has 0 aliphatic heterocycles. The molecule has 0 saturated heterocycles. The van der Waals surface area contributed by atoms with Gasteiger partial charge in [-0.1, -0.05) is 35.0 Å². The minimum atomic E-state index is 0.0440. The van der Waals surface area contributed by atoms with Gasteiger partial charge in [0.2, 0.25) is 17.6 Å². The number of rotatable bonds is 5. The number of carbonyl (C=O) groups excluding carboxylic acids is 1. The summed E-state index contributed by atoms with van der Waals surface area (Å²) in [7, 11) is 1.78. The Balaban J connectivity index is 1.39. The van der Waals surface area contributed by atoms with E-state index < -0.39 is 0 Å². The number of aryl methyl sites for hydroxylation is 1. The second-order valence-corrected chi connectivity index (χ2v) is 6.81. The third kappa shape index (κ3) is 3.35. The van der Waals surface area contributed by atoms with E-state index in [-0.39, 0.29) is 11.8 Å². The molecule has 1 aromatic carbocycles. The Kier molecular flexibility index (Phi) is 4.24. The molecule has 6 heteroatoms. The molecule has 6 nitrogen and oxygen atoms in total. The third-order valence-corrected chi connectivity index (χ3v) is 4.71. The Morgan fingerprint density at radius 2 is 2.19 bits per heavy atom. The van der Waals surface area contributed by atoms with E-state index in [1.807, 2.05) is 18.2 Å². The fraction of sp³-hybridized carbons (Fsp3) is 0.300. The molecule has 1 aliphatic carbocycles. The van der Waals surface area contributed by atoms with Crippen molar-refractivity contribution in [3.63, 3.8) is 0 Å².